The molecule has 2 aliphatic rings. The van der Waals surface area contributed by atoms with Crippen LogP contribution in [-0.2, 0) is 7.05 Å². The van der Waals surface area contributed by atoms with E-state index in [1.54, 1.807) is 49.2 Å². The number of hydrazine groups is 1. The van der Waals surface area contributed by atoms with Gasteiger partial charge in [0.25, 0.3) is 0 Å². The van der Waals surface area contributed by atoms with Crippen molar-refractivity contribution in [3.8, 4) is 11.4 Å². The third kappa shape index (κ3) is 4.69. The lowest BCUT2D eigenvalue weighted by Crippen LogP contribution is -2.45. The first-order chi connectivity index (χ1) is 17.0. The number of pyridine rings is 1. The number of likely N-dealkylation sites (N-methyl/N-ethyl adjacent to an activating group) is 2. The van der Waals surface area contributed by atoms with E-state index in [2.05, 4.69) is 22.2 Å². The van der Waals surface area contributed by atoms with Gasteiger partial charge in [-0.25, -0.2) is 9.99 Å². The lowest BCUT2D eigenvalue weighted by molar-refractivity contribution is -0.125. The van der Waals surface area contributed by atoms with Gasteiger partial charge in [-0.3, -0.25) is 9.69 Å². The number of halogens is 3. The van der Waals surface area contributed by atoms with E-state index < -0.39 is 24.3 Å². The van der Waals surface area contributed by atoms with E-state index in [4.69, 9.17) is 4.98 Å². The maximum Gasteiger partial charge on any atom is 0.407 e. The zero-order chi connectivity index (χ0) is 26.3. The van der Waals surface area contributed by atoms with Crippen molar-refractivity contribution in [3.63, 3.8) is 0 Å². The third-order valence-corrected chi connectivity index (χ3v) is 6.97. The third-order valence-electron chi connectivity index (χ3n) is 6.97. The van der Waals surface area contributed by atoms with Gasteiger partial charge in [0.05, 0.1) is 28.5 Å². The molecule has 36 heavy (non-hydrogen) atoms. The van der Waals surface area contributed by atoms with E-state index in [-0.39, 0.29) is 0 Å². The molecule has 1 saturated heterocycles. The van der Waals surface area contributed by atoms with Crippen LogP contribution in [-0.4, -0.2) is 65.2 Å². The normalized spacial score (nSPS) is 20.4. The van der Waals surface area contributed by atoms with E-state index in [0.29, 0.717) is 54.4 Å². The second-order valence-corrected chi connectivity index (χ2v) is 9.43. The smallest absolute Gasteiger partial charge is 0.390 e. The highest BCUT2D eigenvalue weighted by molar-refractivity contribution is 5.80. The molecule has 1 fully saturated rings. The maximum atomic E-state index is 13.8. The van der Waals surface area contributed by atoms with Crippen molar-refractivity contribution in [2.45, 2.75) is 37.5 Å². The number of allylic oxidation sites excluding steroid dienone is 2. The molecule has 1 N–H and O–H groups in total. The number of hydrogen-bond donors (Lipinski definition) is 1. The van der Waals surface area contributed by atoms with Gasteiger partial charge in [-0.2, -0.15) is 23.2 Å². The molecule has 0 saturated carbocycles. The highest BCUT2D eigenvalue weighted by Crippen LogP contribution is 2.49. The van der Waals surface area contributed by atoms with Crippen LogP contribution in [0, 0.1) is 4.91 Å². The van der Waals surface area contributed by atoms with Gasteiger partial charge >= 0.3 is 6.18 Å². The van der Waals surface area contributed by atoms with Crippen LogP contribution in [0.5, 0.6) is 0 Å². The summed E-state index contributed by atoms with van der Waals surface area (Å²) in [5.41, 5.74) is 2.86. The molecule has 0 amide bonds. The van der Waals surface area contributed by atoms with Gasteiger partial charge in [0.1, 0.15) is 18.1 Å². The van der Waals surface area contributed by atoms with Gasteiger partial charge in [-0.15, -0.1) is 0 Å². The number of nitroso groups, excluding NO2 is 1. The first kappa shape index (κ1) is 25.7. The molecular weight excluding hydrogens is 473 g/mol. The van der Waals surface area contributed by atoms with Crippen molar-refractivity contribution in [1.82, 2.24) is 25.1 Å². The number of alkyl halides is 3. The zero-order valence-corrected chi connectivity index (χ0v) is 20.9. The lowest BCUT2D eigenvalue weighted by atomic mass is 9.90. The maximum absolute atomic E-state index is 13.8. The Bertz CT molecular complexity index is 1170. The topological polar surface area (TPSA) is 81.9 Å². The summed E-state index contributed by atoms with van der Waals surface area (Å²) in [6.45, 7) is 5.38. The molecule has 2 aromatic heterocycles. The van der Waals surface area contributed by atoms with Crippen LogP contribution in [0.3, 0.4) is 0 Å². The molecule has 4 rings (SSSR count). The number of nitrogens with one attached hydrogen (secondary N) is 1. The summed E-state index contributed by atoms with van der Waals surface area (Å²) in [7, 11) is 5.14. The Morgan fingerprint density at radius 1 is 1.33 bits per heavy atom. The van der Waals surface area contributed by atoms with E-state index in [0.717, 1.165) is 5.69 Å². The summed E-state index contributed by atoms with van der Waals surface area (Å²) >= 11 is 0. The van der Waals surface area contributed by atoms with Gasteiger partial charge in [0, 0.05) is 46.1 Å². The number of piperidine rings is 1. The Kier molecular flexibility index (Phi) is 6.82. The highest BCUT2D eigenvalue weighted by Gasteiger charge is 2.46. The molecule has 1 atom stereocenters. The summed E-state index contributed by atoms with van der Waals surface area (Å²) < 4.78 is 43.1. The van der Waals surface area contributed by atoms with Crippen molar-refractivity contribution in [1.29, 1.82) is 0 Å². The largest absolute Gasteiger partial charge is 0.407 e. The van der Waals surface area contributed by atoms with Crippen LogP contribution in [0.1, 0.15) is 31.5 Å². The van der Waals surface area contributed by atoms with E-state index in [1.807, 2.05) is 24.0 Å². The molecule has 0 aromatic carbocycles. The number of anilines is 2. The molecule has 9 nitrogen and oxygen atoms in total. The minimum absolute atomic E-state index is 0.402. The Morgan fingerprint density at radius 3 is 2.56 bits per heavy atom. The summed E-state index contributed by atoms with van der Waals surface area (Å²) in [5.74, 6) is 0. The fourth-order valence-corrected chi connectivity index (χ4v) is 4.94. The van der Waals surface area contributed by atoms with Gasteiger partial charge in [0.15, 0.2) is 0 Å². The van der Waals surface area contributed by atoms with Gasteiger partial charge < -0.3 is 10.2 Å². The molecule has 12 heteroatoms. The number of aryl methyl sites for hydroxylation is 1. The SMILES string of the molecule is C=C/C=C(\NC)C1c2nc(-c3ccnn3C)cc(N3CCC(C)(N=O)CC3)c2N(CC(F)(F)F)N1C. The van der Waals surface area contributed by atoms with Gasteiger partial charge in [0.2, 0.25) is 0 Å². The molecule has 2 aliphatic heterocycles. The molecule has 1 unspecified atom stereocenters. The highest BCUT2D eigenvalue weighted by atomic mass is 19.4. The summed E-state index contributed by atoms with van der Waals surface area (Å²) in [6.07, 6.45) is 1.55. The van der Waals surface area contributed by atoms with Crippen LogP contribution < -0.4 is 15.2 Å². The first-order valence-electron chi connectivity index (χ1n) is 11.7. The van der Waals surface area contributed by atoms with Crippen LogP contribution >= 0.6 is 0 Å². The standard InChI is InChI=1S/C24H31F3N8O/c1-6-7-16(28-3)21-20-22(35(33(21)5)15-24(25,26)27)19(34-12-9-23(2,31-36)10-13-34)14-17(30-20)18-8-11-29-32(18)4/h6-8,11,14,21,28H,1,9-10,12-13,15H2,2-5H3/b16-7-. The van der Waals surface area contributed by atoms with Crippen LogP contribution in [0.2, 0.25) is 0 Å². The average Bonchev–Trinajstić information content (AvgIpc) is 3.37. The minimum Gasteiger partial charge on any atom is -0.390 e. The van der Waals surface area contributed by atoms with E-state index in [1.165, 1.54) is 5.01 Å². The van der Waals surface area contributed by atoms with Crippen molar-refractivity contribution < 1.29 is 13.2 Å². The average molecular weight is 505 g/mol. The monoisotopic (exact) mass is 504 g/mol. The first-order valence-corrected chi connectivity index (χ1v) is 11.7. The molecular formula is C24H31F3N8O. The predicted octanol–water partition coefficient (Wildman–Crippen LogP) is 4.17. The number of nitrogens with zero attached hydrogens (tertiary/aromatic N) is 7. The van der Waals surface area contributed by atoms with Crippen LogP contribution in [0.15, 0.2) is 47.9 Å². The fourth-order valence-electron chi connectivity index (χ4n) is 4.94. The summed E-state index contributed by atoms with van der Waals surface area (Å²) in [5, 5.41) is 13.5. The van der Waals surface area contributed by atoms with Crippen LogP contribution in [0.4, 0.5) is 24.5 Å². The van der Waals surface area contributed by atoms with Crippen molar-refractivity contribution in [2.24, 2.45) is 12.2 Å². The predicted molar refractivity (Wildman–Crippen MR) is 133 cm³/mol. The minimum atomic E-state index is -4.44. The van der Waals surface area contributed by atoms with Gasteiger partial charge in [-0.1, -0.05) is 17.8 Å². The molecule has 4 heterocycles. The number of fused-ring (bicyclic) bond motifs is 1. The molecule has 0 spiro atoms. The summed E-state index contributed by atoms with van der Waals surface area (Å²) in [6, 6.07) is 3.05. The van der Waals surface area contributed by atoms with Crippen molar-refractivity contribution in [2.75, 3.05) is 43.6 Å². The Hall–Kier alpha value is -3.41. The Balaban J connectivity index is 1.94. The molecule has 194 valence electrons. The Labute approximate surface area is 208 Å². The Morgan fingerprint density at radius 2 is 2.03 bits per heavy atom. The number of aromatic nitrogens is 3. The molecule has 2 aromatic rings. The lowest BCUT2D eigenvalue weighted by Gasteiger charge is -2.38. The fraction of sp³-hybridized carbons (Fsp3) is 0.500. The van der Waals surface area contributed by atoms with Crippen molar-refractivity contribution >= 4 is 11.4 Å². The number of hydrogen-bond acceptors (Lipinski definition) is 8. The van der Waals surface area contributed by atoms with Crippen LogP contribution in [0.25, 0.3) is 11.4 Å². The summed E-state index contributed by atoms with van der Waals surface area (Å²) in [4.78, 5) is 18.3. The second kappa shape index (κ2) is 9.57. The molecule has 0 bridgehead atoms. The van der Waals surface area contributed by atoms with Crippen molar-refractivity contribution in [3.05, 3.63) is 53.4 Å². The molecule has 0 radical (unpaired) electrons. The number of rotatable bonds is 7. The van der Waals surface area contributed by atoms with E-state index >= 15 is 0 Å². The van der Waals surface area contributed by atoms with Gasteiger partial charge in [-0.05, 0) is 38.0 Å². The zero-order valence-electron chi connectivity index (χ0n) is 20.9. The quantitative estimate of drug-likeness (QED) is 0.448. The van der Waals surface area contributed by atoms with E-state index in [9.17, 15) is 18.1 Å². The second-order valence-electron chi connectivity index (χ2n) is 9.43. The molecule has 0 aliphatic carbocycles.